The molecular formula is C16H16N2S. The number of benzene rings is 2. The number of hydrogen-bond acceptors (Lipinski definition) is 2. The van der Waals surface area contributed by atoms with E-state index in [0.29, 0.717) is 0 Å². The fraction of sp³-hybridized carbons (Fsp3) is 0.188. The van der Waals surface area contributed by atoms with E-state index in [1.165, 1.54) is 10.5 Å². The molecule has 0 atom stereocenters. The average molecular weight is 268 g/mol. The van der Waals surface area contributed by atoms with Crippen LogP contribution in [0.5, 0.6) is 0 Å². The highest BCUT2D eigenvalue weighted by Crippen LogP contribution is 2.23. The molecule has 0 bridgehead atoms. The summed E-state index contributed by atoms with van der Waals surface area (Å²) in [6.45, 7) is 2.17. The molecular weight excluding hydrogens is 252 g/mol. The topological polar surface area (TPSA) is 28.7 Å². The number of nitrogens with zero attached hydrogens (tertiary/aromatic N) is 1. The lowest BCUT2D eigenvalue weighted by Gasteiger charge is -1.98. The van der Waals surface area contributed by atoms with Crippen LogP contribution < -0.4 is 0 Å². The lowest BCUT2D eigenvalue weighted by atomic mass is 10.1. The van der Waals surface area contributed by atoms with Crippen LogP contribution in [-0.2, 0) is 6.42 Å². The summed E-state index contributed by atoms with van der Waals surface area (Å²) in [4.78, 5) is 9.33. The number of aromatic amines is 1. The van der Waals surface area contributed by atoms with Gasteiger partial charge >= 0.3 is 0 Å². The number of fused-ring (bicyclic) bond motifs is 1. The van der Waals surface area contributed by atoms with E-state index in [2.05, 4.69) is 65.6 Å². The molecule has 3 rings (SSSR count). The molecule has 0 saturated carbocycles. The van der Waals surface area contributed by atoms with Crippen LogP contribution >= 0.6 is 11.8 Å². The van der Waals surface area contributed by atoms with Gasteiger partial charge in [0.15, 0.2) is 0 Å². The first-order valence-electron chi connectivity index (χ1n) is 6.43. The maximum atomic E-state index is 4.65. The minimum atomic E-state index is 0.941. The van der Waals surface area contributed by atoms with Gasteiger partial charge in [0.25, 0.3) is 0 Å². The van der Waals surface area contributed by atoms with Crippen molar-refractivity contribution in [1.29, 1.82) is 0 Å². The zero-order valence-corrected chi connectivity index (χ0v) is 11.9. The Morgan fingerprint density at radius 1 is 1.11 bits per heavy atom. The first-order valence-corrected chi connectivity index (χ1v) is 7.65. The second kappa shape index (κ2) is 5.10. The van der Waals surface area contributed by atoms with Crippen LogP contribution in [0.4, 0.5) is 0 Å². The molecule has 1 heterocycles. The van der Waals surface area contributed by atoms with Crippen LogP contribution in [0.1, 0.15) is 12.5 Å². The van der Waals surface area contributed by atoms with E-state index in [9.17, 15) is 0 Å². The largest absolute Gasteiger partial charge is 0.338 e. The predicted octanol–water partition coefficient (Wildman–Crippen LogP) is 4.51. The predicted molar refractivity (Wildman–Crippen MR) is 82.7 cm³/mol. The molecule has 0 spiro atoms. The monoisotopic (exact) mass is 268 g/mol. The maximum Gasteiger partial charge on any atom is 0.138 e. The van der Waals surface area contributed by atoms with E-state index in [1.807, 2.05) is 0 Å². The van der Waals surface area contributed by atoms with Gasteiger partial charge in [-0.1, -0.05) is 25.1 Å². The van der Waals surface area contributed by atoms with Crippen molar-refractivity contribution in [2.75, 3.05) is 6.26 Å². The highest BCUT2D eigenvalue weighted by Gasteiger charge is 2.05. The minimum Gasteiger partial charge on any atom is -0.338 e. The van der Waals surface area contributed by atoms with Gasteiger partial charge < -0.3 is 4.98 Å². The first kappa shape index (κ1) is 12.3. The van der Waals surface area contributed by atoms with Gasteiger partial charge in [-0.25, -0.2) is 4.98 Å². The number of rotatable bonds is 3. The minimum absolute atomic E-state index is 0.941. The number of aromatic nitrogens is 2. The van der Waals surface area contributed by atoms with Crippen molar-refractivity contribution >= 4 is 22.8 Å². The standard InChI is InChI=1S/C16H16N2S/c1-3-11-4-9-14-15(10-11)18-16(17-14)12-5-7-13(19-2)8-6-12/h4-10H,3H2,1-2H3,(H,17,18). The first-order chi connectivity index (χ1) is 9.30. The van der Waals surface area contributed by atoms with E-state index in [1.54, 1.807) is 11.8 Å². The van der Waals surface area contributed by atoms with Crippen LogP contribution in [-0.4, -0.2) is 16.2 Å². The number of imidazole rings is 1. The van der Waals surface area contributed by atoms with Crippen molar-refractivity contribution in [3.05, 3.63) is 48.0 Å². The van der Waals surface area contributed by atoms with Gasteiger partial charge in [-0.15, -0.1) is 11.8 Å². The van der Waals surface area contributed by atoms with Crippen molar-refractivity contribution in [3.63, 3.8) is 0 Å². The van der Waals surface area contributed by atoms with Crippen LogP contribution in [0.15, 0.2) is 47.4 Å². The molecule has 0 amide bonds. The third-order valence-corrected chi connectivity index (χ3v) is 4.06. The zero-order chi connectivity index (χ0) is 13.2. The molecule has 19 heavy (non-hydrogen) atoms. The highest BCUT2D eigenvalue weighted by atomic mass is 32.2. The summed E-state index contributed by atoms with van der Waals surface area (Å²) in [7, 11) is 0. The summed E-state index contributed by atoms with van der Waals surface area (Å²) in [6.07, 6.45) is 3.13. The summed E-state index contributed by atoms with van der Waals surface area (Å²) in [6, 6.07) is 14.9. The normalized spacial score (nSPS) is 11.1. The number of H-pyrrole nitrogens is 1. The Balaban J connectivity index is 2.04. The van der Waals surface area contributed by atoms with Crippen molar-refractivity contribution < 1.29 is 0 Å². The Morgan fingerprint density at radius 2 is 1.89 bits per heavy atom. The summed E-state index contributed by atoms with van der Waals surface area (Å²) < 4.78 is 0. The summed E-state index contributed by atoms with van der Waals surface area (Å²) in [5, 5.41) is 0. The van der Waals surface area contributed by atoms with Gasteiger partial charge in [-0.3, -0.25) is 0 Å². The number of aryl methyl sites for hydroxylation is 1. The maximum absolute atomic E-state index is 4.65. The molecule has 0 fully saturated rings. The van der Waals surface area contributed by atoms with Crippen molar-refractivity contribution in [2.24, 2.45) is 0 Å². The lowest BCUT2D eigenvalue weighted by molar-refractivity contribution is 1.14. The van der Waals surface area contributed by atoms with E-state index < -0.39 is 0 Å². The van der Waals surface area contributed by atoms with Crippen LogP contribution in [0, 0.1) is 0 Å². The molecule has 0 radical (unpaired) electrons. The molecule has 2 nitrogen and oxygen atoms in total. The van der Waals surface area contributed by atoms with Crippen LogP contribution in [0.2, 0.25) is 0 Å². The Labute approximate surface area is 117 Å². The fourth-order valence-electron chi connectivity index (χ4n) is 2.16. The molecule has 0 saturated heterocycles. The van der Waals surface area contributed by atoms with Crippen molar-refractivity contribution in [3.8, 4) is 11.4 Å². The van der Waals surface area contributed by atoms with Gasteiger partial charge in [0, 0.05) is 10.5 Å². The second-order valence-corrected chi connectivity index (χ2v) is 5.40. The molecule has 0 aliphatic carbocycles. The second-order valence-electron chi connectivity index (χ2n) is 4.52. The molecule has 3 heteroatoms. The lowest BCUT2D eigenvalue weighted by Crippen LogP contribution is -1.80. The Morgan fingerprint density at radius 3 is 2.58 bits per heavy atom. The molecule has 96 valence electrons. The molecule has 2 aromatic carbocycles. The zero-order valence-electron chi connectivity index (χ0n) is 11.1. The third-order valence-electron chi connectivity index (χ3n) is 3.32. The van der Waals surface area contributed by atoms with Crippen molar-refractivity contribution in [2.45, 2.75) is 18.2 Å². The third kappa shape index (κ3) is 2.38. The number of thioether (sulfide) groups is 1. The molecule has 0 aliphatic rings. The molecule has 1 aromatic heterocycles. The smallest absolute Gasteiger partial charge is 0.138 e. The van der Waals surface area contributed by atoms with Crippen molar-refractivity contribution in [1.82, 2.24) is 9.97 Å². The van der Waals surface area contributed by atoms with Crippen LogP contribution in [0.25, 0.3) is 22.4 Å². The number of hydrogen-bond donors (Lipinski definition) is 1. The average Bonchev–Trinajstić information content (AvgIpc) is 2.90. The molecule has 0 aliphatic heterocycles. The Bertz CT molecular complexity index is 698. The molecule has 0 unspecified atom stereocenters. The van der Waals surface area contributed by atoms with Crippen LogP contribution in [0.3, 0.4) is 0 Å². The van der Waals surface area contributed by atoms with Gasteiger partial charge in [0.05, 0.1) is 11.0 Å². The summed E-state index contributed by atoms with van der Waals surface area (Å²) in [5.41, 5.74) is 4.61. The van der Waals surface area contributed by atoms with E-state index >= 15 is 0 Å². The van der Waals surface area contributed by atoms with Gasteiger partial charge in [-0.2, -0.15) is 0 Å². The molecule has 1 N–H and O–H groups in total. The summed E-state index contributed by atoms with van der Waals surface area (Å²) >= 11 is 1.75. The quantitative estimate of drug-likeness (QED) is 0.708. The molecule has 3 aromatic rings. The SMILES string of the molecule is CCc1ccc2nc(-c3ccc(SC)cc3)[nH]c2c1. The Kier molecular flexibility index (Phi) is 3.30. The highest BCUT2D eigenvalue weighted by molar-refractivity contribution is 7.98. The van der Waals surface area contributed by atoms with Gasteiger partial charge in [0.1, 0.15) is 5.82 Å². The van der Waals surface area contributed by atoms with E-state index in [4.69, 9.17) is 0 Å². The van der Waals surface area contributed by atoms with Gasteiger partial charge in [0.2, 0.25) is 0 Å². The van der Waals surface area contributed by atoms with E-state index in [-0.39, 0.29) is 0 Å². The Hall–Kier alpha value is -1.74. The number of nitrogens with one attached hydrogen (secondary N) is 1. The van der Waals surface area contributed by atoms with Gasteiger partial charge in [-0.05, 0) is 42.5 Å². The summed E-state index contributed by atoms with van der Waals surface area (Å²) in [5.74, 6) is 0.941. The fourth-order valence-corrected chi connectivity index (χ4v) is 2.57. The van der Waals surface area contributed by atoms with E-state index in [0.717, 1.165) is 28.8 Å².